The van der Waals surface area contributed by atoms with Crippen molar-refractivity contribution in [3.05, 3.63) is 42.2 Å². The van der Waals surface area contributed by atoms with Gasteiger partial charge in [0, 0.05) is 12.1 Å². The predicted molar refractivity (Wildman–Crippen MR) is 96.7 cm³/mol. The number of carbonyl (C=O) groups is 2. The number of hydrogen-bond donors (Lipinski definition) is 0. The Labute approximate surface area is 163 Å². The summed E-state index contributed by atoms with van der Waals surface area (Å²) >= 11 is 0. The van der Waals surface area contributed by atoms with E-state index in [1.54, 1.807) is 6.92 Å². The van der Waals surface area contributed by atoms with Crippen LogP contribution in [0.15, 0.2) is 30.9 Å². The molecule has 1 aromatic carbocycles. The Morgan fingerprint density at radius 1 is 0.929 bits per heavy atom. The lowest BCUT2D eigenvalue weighted by Gasteiger charge is -2.08. The lowest BCUT2D eigenvalue weighted by molar-refractivity contribution is -0.139. The molecule has 0 bridgehead atoms. The van der Waals surface area contributed by atoms with Gasteiger partial charge < -0.3 is 28.4 Å². The SMILES string of the molecule is C=CC(=O)OCCOCCOCCOCCOC(=O)Oc1ccc(C)c(F)c1. The molecule has 8 nitrogen and oxygen atoms in total. The van der Waals surface area contributed by atoms with Crippen molar-refractivity contribution in [1.82, 2.24) is 0 Å². The van der Waals surface area contributed by atoms with E-state index in [1.807, 2.05) is 0 Å². The van der Waals surface area contributed by atoms with Crippen LogP contribution in [0.3, 0.4) is 0 Å². The molecule has 0 saturated heterocycles. The van der Waals surface area contributed by atoms with Crippen molar-refractivity contribution in [2.45, 2.75) is 6.92 Å². The number of aryl methyl sites for hydroxylation is 1. The summed E-state index contributed by atoms with van der Waals surface area (Å²) < 4.78 is 43.4. The van der Waals surface area contributed by atoms with E-state index in [9.17, 15) is 14.0 Å². The van der Waals surface area contributed by atoms with Crippen LogP contribution in [0.4, 0.5) is 9.18 Å². The molecule has 1 aromatic rings. The quantitative estimate of drug-likeness (QED) is 0.204. The van der Waals surface area contributed by atoms with Crippen molar-refractivity contribution >= 4 is 12.1 Å². The van der Waals surface area contributed by atoms with E-state index in [0.29, 0.717) is 32.0 Å². The fourth-order valence-electron chi connectivity index (χ4n) is 1.75. The van der Waals surface area contributed by atoms with Crippen molar-refractivity contribution in [2.24, 2.45) is 0 Å². The van der Waals surface area contributed by atoms with E-state index in [4.69, 9.17) is 28.4 Å². The van der Waals surface area contributed by atoms with Crippen LogP contribution in [0.2, 0.25) is 0 Å². The largest absolute Gasteiger partial charge is 0.513 e. The standard InChI is InChI=1S/C19H25FO8/c1-3-18(21)26-12-10-24-8-6-23-7-9-25-11-13-27-19(22)28-16-5-4-15(2)17(20)14-16/h3-5,14H,1,6-13H2,2H3. The van der Waals surface area contributed by atoms with Crippen LogP contribution in [0.1, 0.15) is 5.56 Å². The summed E-state index contributed by atoms with van der Waals surface area (Å²) in [5.74, 6) is -0.878. The number of benzene rings is 1. The maximum Gasteiger partial charge on any atom is 0.513 e. The summed E-state index contributed by atoms with van der Waals surface area (Å²) in [4.78, 5) is 22.2. The van der Waals surface area contributed by atoms with Gasteiger partial charge in [-0.2, -0.15) is 0 Å². The molecule has 9 heteroatoms. The van der Waals surface area contributed by atoms with E-state index in [2.05, 4.69) is 6.58 Å². The molecular weight excluding hydrogens is 375 g/mol. The first-order valence-corrected chi connectivity index (χ1v) is 8.66. The molecule has 1 rings (SSSR count). The second-order valence-corrected chi connectivity index (χ2v) is 5.32. The molecule has 0 aromatic heterocycles. The van der Waals surface area contributed by atoms with Crippen LogP contribution in [-0.2, 0) is 28.5 Å². The third-order valence-electron chi connectivity index (χ3n) is 3.17. The monoisotopic (exact) mass is 400 g/mol. The molecular formula is C19H25FO8. The number of esters is 1. The van der Waals surface area contributed by atoms with E-state index in [-0.39, 0.29) is 32.2 Å². The van der Waals surface area contributed by atoms with Crippen molar-refractivity contribution in [2.75, 3.05) is 52.9 Å². The van der Waals surface area contributed by atoms with Crippen LogP contribution < -0.4 is 4.74 Å². The van der Waals surface area contributed by atoms with Gasteiger partial charge in [-0.05, 0) is 18.6 Å². The number of rotatable bonds is 14. The van der Waals surface area contributed by atoms with Gasteiger partial charge in [-0.15, -0.1) is 0 Å². The van der Waals surface area contributed by atoms with Gasteiger partial charge in [-0.1, -0.05) is 12.6 Å². The van der Waals surface area contributed by atoms with Gasteiger partial charge in [0.15, 0.2) is 0 Å². The van der Waals surface area contributed by atoms with Gasteiger partial charge in [0.05, 0.1) is 39.6 Å². The third kappa shape index (κ3) is 11.3. The fraction of sp³-hybridized carbons (Fsp3) is 0.474. The van der Waals surface area contributed by atoms with Gasteiger partial charge in [0.1, 0.15) is 24.8 Å². The Morgan fingerprint density at radius 3 is 2.00 bits per heavy atom. The summed E-state index contributed by atoms with van der Waals surface area (Å²) in [7, 11) is 0. The fourth-order valence-corrected chi connectivity index (χ4v) is 1.75. The van der Waals surface area contributed by atoms with Gasteiger partial charge in [-0.3, -0.25) is 0 Å². The highest BCUT2D eigenvalue weighted by Crippen LogP contribution is 2.16. The summed E-state index contributed by atoms with van der Waals surface area (Å²) in [5.41, 5.74) is 0.455. The molecule has 0 fully saturated rings. The second-order valence-electron chi connectivity index (χ2n) is 5.32. The minimum Gasteiger partial charge on any atom is -0.460 e. The van der Waals surface area contributed by atoms with Gasteiger partial charge in [0.2, 0.25) is 0 Å². The molecule has 28 heavy (non-hydrogen) atoms. The normalized spacial score (nSPS) is 10.4. The maximum absolute atomic E-state index is 13.3. The zero-order chi connectivity index (χ0) is 20.6. The zero-order valence-electron chi connectivity index (χ0n) is 15.8. The minimum atomic E-state index is -0.931. The highest BCUT2D eigenvalue weighted by molar-refractivity contribution is 5.81. The predicted octanol–water partition coefficient (Wildman–Crippen LogP) is 2.43. The molecule has 0 aliphatic carbocycles. The molecule has 0 amide bonds. The van der Waals surface area contributed by atoms with E-state index in [0.717, 1.165) is 12.1 Å². The Bertz CT molecular complexity index is 620. The lowest BCUT2D eigenvalue weighted by Crippen LogP contribution is -2.16. The first kappa shape index (κ1) is 23.5. The zero-order valence-corrected chi connectivity index (χ0v) is 15.8. The van der Waals surface area contributed by atoms with Crippen LogP contribution in [0.5, 0.6) is 5.75 Å². The van der Waals surface area contributed by atoms with E-state index < -0.39 is 17.9 Å². The average Bonchev–Trinajstić information content (AvgIpc) is 2.68. The van der Waals surface area contributed by atoms with Crippen LogP contribution in [-0.4, -0.2) is 65.0 Å². The average molecular weight is 400 g/mol. The Morgan fingerprint density at radius 2 is 1.46 bits per heavy atom. The lowest BCUT2D eigenvalue weighted by atomic mass is 10.2. The van der Waals surface area contributed by atoms with E-state index in [1.165, 1.54) is 12.1 Å². The molecule has 0 unspecified atom stereocenters. The van der Waals surface area contributed by atoms with Crippen molar-refractivity contribution in [3.63, 3.8) is 0 Å². The van der Waals surface area contributed by atoms with Crippen molar-refractivity contribution in [3.8, 4) is 5.75 Å². The van der Waals surface area contributed by atoms with Crippen LogP contribution >= 0.6 is 0 Å². The van der Waals surface area contributed by atoms with Crippen molar-refractivity contribution < 1.29 is 42.4 Å². The van der Waals surface area contributed by atoms with Crippen LogP contribution in [0, 0.1) is 12.7 Å². The third-order valence-corrected chi connectivity index (χ3v) is 3.17. The number of carbonyl (C=O) groups excluding carboxylic acids is 2. The van der Waals surface area contributed by atoms with E-state index >= 15 is 0 Å². The highest BCUT2D eigenvalue weighted by atomic mass is 19.1. The number of hydrogen-bond acceptors (Lipinski definition) is 8. The molecule has 0 atom stereocenters. The highest BCUT2D eigenvalue weighted by Gasteiger charge is 2.07. The first-order valence-electron chi connectivity index (χ1n) is 8.66. The molecule has 0 N–H and O–H groups in total. The molecule has 0 heterocycles. The number of halogens is 1. The molecule has 0 spiro atoms. The smallest absolute Gasteiger partial charge is 0.460 e. The Balaban J connectivity index is 1.89. The summed E-state index contributed by atoms with van der Waals surface area (Å²) in [6, 6.07) is 4.09. The van der Waals surface area contributed by atoms with Gasteiger partial charge in [0.25, 0.3) is 0 Å². The molecule has 0 radical (unpaired) electrons. The molecule has 0 aliphatic heterocycles. The minimum absolute atomic E-state index is 0.000281. The Kier molecular flexibility index (Phi) is 12.2. The number of ether oxygens (including phenoxy) is 6. The molecule has 0 saturated carbocycles. The van der Waals surface area contributed by atoms with Gasteiger partial charge >= 0.3 is 12.1 Å². The maximum atomic E-state index is 13.3. The Hall–Kier alpha value is -2.49. The van der Waals surface area contributed by atoms with Crippen molar-refractivity contribution in [1.29, 1.82) is 0 Å². The molecule has 156 valence electrons. The van der Waals surface area contributed by atoms with Gasteiger partial charge in [-0.25, -0.2) is 14.0 Å². The summed E-state index contributed by atoms with van der Waals surface area (Å²) in [6.07, 6.45) is 0.154. The topological polar surface area (TPSA) is 89.5 Å². The van der Waals surface area contributed by atoms with Crippen LogP contribution in [0.25, 0.3) is 0 Å². The summed E-state index contributed by atoms with van der Waals surface area (Å²) in [6.45, 7) is 6.90. The second kappa shape index (κ2) is 14.6. The summed E-state index contributed by atoms with van der Waals surface area (Å²) in [5, 5.41) is 0. The first-order chi connectivity index (χ1) is 13.5. The molecule has 0 aliphatic rings.